The molecule has 3 heteroatoms. The van der Waals surface area contributed by atoms with Crippen LogP contribution in [0.3, 0.4) is 0 Å². The van der Waals surface area contributed by atoms with Crippen molar-refractivity contribution in [2.45, 2.75) is 0 Å². The fourth-order valence-corrected chi connectivity index (χ4v) is 1.18. The summed E-state index contributed by atoms with van der Waals surface area (Å²) in [4.78, 5) is 3.95. The maximum absolute atomic E-state index is 9.27. The minimum absolute atomic E-state index is 0.119. The number of anilines is 1. The topological polar surface area (TPSA) is 59.1 Å². The van der Waals surface area contributed by atoms with E-state index in [-0.39, 0.29) is 5.75 Å². The number of phenols is 1. The predicted octanol–water partition coefficient (Wildman–Crippen LogP) is 1.52. The molecular weight excluding hydrogens is 152 g/mol. The quantitative estimate of drug-likeness (QED) is 0.453. The number of aromatic nitrogens is 1. The lowest BCUT2D eigenvalue weighted by molar-refractivity contribution is 0.478. The number of hydrogen-bond acceptors (Lipinski definition) is 3. The molecule has 2 rings (SSSR count). The van der Waals surface area contributed by atoms with Crippen molar-refractivity contribution >= 4 is 16.5 Å². The van der Waals surface area contributed by atoms with E-state index in [2.05, 4.69) is 4.98 Å². The van der Waals surface area contributed by atoms with Crippen LogP contribution in [-0.4, -0.2) is 10.1 Å². The van der Waals surface area contributed by atoms with E-state index in [9.17, 15) is 5.11 Å². The third kappa shape index (κ3) is 0.871. The first-order valence-electron chi connectivity index (χ1n) is 3.60. The summed E-state index contributed by atoms with van der Waals surface area (Å²) in [6, 6.07) is 5.14. The largest absolute Gasteiger partial charge is 0.506 e. The smallest absolute Gasteiger partial charge is 0.139 e. The number of nitrogens with two attached hydrogens (primary N) is 1. The highest BCUT2D eigenvalue weighted by atomic mass is 16.3. The molecule has 0 spiro atoms. The summed E-state index contributed by atoms with van der Waals surface area (Å²) in [6.45, 7) is 0. The molecule has 1 aromatic heterocycles. The Morgan fingerprint density at radius 3 is 2.92 bits per heavy atom. The first-order chi connectivity index (χ1) is 5.79. The molecule has 12 heavy (non-hydrogen) atoms. The Morgan fingerprint density at radius 1 is 1.25 bits per heavy atom. The van der Waals surface area contributed by atoms with Crippen molar-refractivity contribution in [2.24, 2.45) is 0 Å². The second-order valence-electron chi connectivity index (χ2n) is 2.60. The highest BCUT2D eigenvalue weighted by Crippen LogP contribution is 2.28. The minimum Gasteiger partial charge on any atom is -0.506 e. The molecule has 0 fully saturated rings. The average Bonchev–Trinajstić information content (AvgIpc) is 2.12. The van der Waals surface area contributed by atoms with Gasteiger partial charge in [-0.3, -0.25) is 4.98 Å². The Balaban J connectivity index is 2.91. The van der Waals surface area contributed by atoms with Crippen LogP contribution in [0.2, 0.25) is 0 Å². The van der Waals surface area contributed by atoms with Gasteiger partial charge in [-0.05, 0) is 18.2 Å². The molecule has 3 nitrogen and oxygen atoms in total. The Morgan fingerprint density at radius 2 is 2.08 bits per heavy atom. The lowest BCUT2D eigenvalue weighted by Gasteiger charge is -2.02. The number of pyridine rings is 1. The van der Waals surface area contributed by atoms with Crippen LogP contribution in [-0.2, 0) is 0 Å². The van der Waals surface area contributed by atoms with E-state index in [1.54, 1.807) is 30.6 Å². The zero-order valence-corrected chi connectivity index (χ0v) is 6.36. The van der Waals surface area contributed by atoms with Gasteiger partial charge in [0.15, 0.2) is 0 Å². The van der Waals surface area contributed by atoms with Crippen LogP contribution >= 0.6 is 0 Å². The molecule has 3 N–H and O–H groups in total. The van der Waals surface area contributed by atoms with Crippen molar-refractivity contribution in [3.8, 4) is 5.75 Å². The van der Waals surface area contributed by atoms with Crippen molar-refractivity contribution in [1.82, 2.24) is 4.98 Å². The first-order valence-corrected chi connectivity index (χ1v) is 3.60. The van der Waals surface area contributed by atoms with E-state index < -0.39 is 0 Å². The van der Waals surface area contributed by atoms with Gasteiger partial charge in [0.2, 0.25) is 0 Å². The van der Waals surface area contributed by atoms with Gasteiger partial charge in [-0.2, -0.15) is 0 Å². The Bertz CT molecular complexity index is 426. The average molecular weight is 160 g/mol. The molecule has 0 unspecified atom stereocenters. The number of nitrogen functional groups attached to an aromatic ring is 1. The fourth-order valence-electron chi connectivity index (χ4n) is 1.18. The molecule has 0 amide bonds. The normalized spacial score (nSPS) is 10.3. The van der Waals surface area contributed by atoms with Gasteiger partial charge in [0.25, 0.3) is 0 Å². The number of hydrogen-bond donors (Lipinski definition) is 2. The zero-order chi connectivity index (χ0) is 8.55. The Hall–Kier alpha value is -1.77. The van der Waals surface area contributed by atoms with E-state index in [1.165, 1.54) is 0 Å². The molecule has 2 aromatic rings. The summed E-state index contributed by atoms with van der Waals surface area (Å²) < 4.78 is 0. The van der Waals surface area contributed by atoms with Gasteiger partial charge in [-0.1, -0.05) is 0 Å². The summed E-state index contributed by atoms with van der Waals surface area (Å²) in [5.74, 6) is 0.119. The van der Waals surface area contributed by atoms with Crippen molar-refractivity contribution in [1.29, 1.82) is 0 Å². The van der Waals surface area contributed by atoms with Gasteiger partial charge in [0.05, 0.1) is 5.69 Å². The van der Waals surface area contributed by atoms with Gasteiger partial charge in [-0.15, -0.1) is 0 Å². The summed E-state index contributed by atoms with van der Waals surface area (Å²) in [7, 11) is 0. The second kappa shape index (κ2) is 2.37. The number of phenolic OH excluding ortho intramolecular Hbond substituents is 1. The minimum atomic E-state index is 0.119. The van der Waals surface area contributed by atoms with E-state index in [0.29, 0.717) is 5.69 Å². The van der Waals surface area contributed by atoms with Crippen LogP contribution < -0.4 is 5.73 Å². The molecule has 0 aliphatic rings. The maximum atomic E-state index is 9.27. The van der Waals surface area contributed by atoms with Crippen LogP contribution in [0.4, 0.5) is 5.69 Å². The predicted molar refractivity (Wildman–Crippen MR) is 47.8 cm³/mol. The number of aromatic hydroxyl groups is 1. The Kier molecular flexibility index (Phi) is 1.37. The van der Waals surface area contributed by atoms with Crippen molar-refractivity contribution in [3.63, 3.8) is 0 Å². The van der Waals surface area contributed by atoms with Gasteiger partial charge in [0, 0.05) is 23.2 Å². The monoisotopic (exact) mass is 160 g/mol. The Labute approximate surface area is 69.5 Å². The van der Waals surface area contributed by atoms with Gasteiger partial charge < -0.3 is 10.8 Å². The standard InChI is InChI=1S/C9H8N2O/c10-9-7-3-4-11-5-6(7)1-2-8(9)12/h1-5,12H,10H2. The molecule has 0 radical (unpaired) electrons. The highest BCUT2D eigenvalue weighted by Gasteiger charge is 2.00. The molecule has 0 aliphatic heterocycles. The van der Waals surface area contributed by atoms with Crippen LogP contribution in [0.1, 0.15) is 0 Å². The number of benzene rings is 1. The third-order valence-electron chi connectivity index (χ3n) is 1.84. The molecule has 0 aliphatic carbocycles. The second-order valence-corrected chi connectivity index (χ2v) is 2.60. The summed E-state index contributed by atoms with van der Waals surface area (Å²) in [5, 5.41) is 11.0. The number of nitrogens with zero attached hydrogens (tertiary/aromatic N) is 1. The molecule has 0 atom stereocenters. The van der Waals surface area contributed by atoms with Crippen LogP contribution in [0, 0.1) is 0 Å². The molecule has 60 valence electrons. The van der Waals surface area contributed by atoms with E-state index >= 15 is 0 Å². The van der Waals surface area contributed by atoms with E-state index in [4.69, 9.17) is 5.73 Å². The summed E-state index contributed by atoms with van der Waals surface area (Å²) >= 11 is 0. The van der Waals surface area contributed by atoms with E-state index in [0.717, 1.165) is 10.8 Å². The summed E-state index contributed by atoms with van der Waals surface area (Å²) in [5.41, 5.74) is 6.05. The number of rotatable bonds is 0. The van der Waals surface area contributed by atoms with Gasteiger partial charge in [-0.25, -0.2) is 0 Å². The van der Waals surface area contributed by atoms with Gasteiger partial charge in [0.1, 0.15) is 5.75 Å². The lowest BCUT2D eigenvalue weighted by atomic mass is 10.1. The first kappa shape index (κ1) is 6.91. The van der Waals surface area contributed by atoms with Gasteiger partial charge >= 0.3 is 0 Å². The van der Waals surface area contributed by atoms with Crippen LogP contribution in [0.15, 0.2) is 30.6 Å². The molecule has 0 bridgehead atoms. The third-order valence-corrected chi connectivity index (χ3v) is 1.84. The molecular formula is C9H8N2O. The molecule has 0 saturated carbocycles. The SMILES string of the molecule is Nc1c(O)ccc2cnccc12. The number of fused-ring (bicyclic) bond motifs is 1. The maximum Gasteiger partial charge on any atom is 0.139 e. The fraction of sp³-hybridized carbons (Fsp3) is 0. The molecule has 1 heterocycles. The van der Waals surface area contributed by atoms with Crippen molar-refractivity contribution < 1.29 is 5.11 Å². The van der Waals surface area contributed by atoms with Crippen LogP contribution in [0.5, 0.6) is 5.75 Å². The van der Waals surface area contributed by atoms with Crippen molar-refractivity contribution in [3.05, 3.63) is 30.6 Å². The summed E-state index contributed by atoms with van der Waals surface area (Å²) in [6.07, 6.45) is 3.36. The van der Waals surface area contributed by atoms with Crippen molar-refractivity contribution in [2.75, 3.05) is 5.73 Å². The van der Waals surface area contributed by atoms with Crippen LogP contribution in [0.25, 0.3) is 10.8 Å². The highest BCUT2D eigenvalue weighted by molar-refractivity contribution is 5.94. The molecule has 1 aromatic carbocycles. The molecule has 0 saturated heterocycles. The van der Waals surface area contributed by atoms with E-state index in [1.807, 2.05) is 0 Å². The lowest BCUT2D eigenvalue weighted by Crippen LogP contribution is -1.87. The zero-order valence-electron chi connectivity index (χ0n) is 6.36.